The predicted octanol–water partition coefficient (Wildman–Crippen LogP) is 1.67. The van der Waals surface area contributed by atoms with Crippen molar-refractivity contribution >= 4 is 16.9 Å². The van der Waals surface area contributed by atoms with Gasteiger partial charge < -0.3 is 4.74 Å². The maximum Gasteiger partial charge on any atom is 0.337 e. The molecule has 0 N–H and O–H groups in total. The molecular weight excluding hydrogens is 192 g/mol. The maximum absolute atomic E-state index is 11.3. The van der Waals surface area contributed by atoms with E-state index in [2.05, 4.69) is 9.84 Å². The fraction of sp³-hybridized carbons (Fsp3) is 0.273. The minimum atomic E-state index is -0.319. The maximum atomic E-state index is 11.3. The highest BCUT2D eigenvalue weighted by atomic mass is 16.5. The van der Waals surface area contributed by atoms with Gasteiger partial charge in [0.25, 0.3) is 0 Å². The van der Waals surface area contributed by atoms with Crippen LogP contribution in [-0.4, -0.2) is 22.9 Å². The summed E-state index contributed by atoms with van der Waals surface area (Å²) in [6, 6.07) is 5.36. The molecule has 1 aromatic carbocycles. The Morgan fingerprint density at radius 3 is 2.87 bits per heavy atom. The van der Waals surface area contributed by atoms with E-state index in [9.17, 15) is 4.79 Å². The average molecular weight is 204 g/mol. The Balaban J connectivity index is 2.64. The number of hydrogen-bond donors (Lipinski definition) is 0. The zero-order valence-corrected chi connectivity index (χ0v) is 8.94. The number of rotatable bonds is 1. The Morgan fingerprint density at radius 2 is 2.20 bits per heavy atom. The molecule has 2 aromatic rings. The zero-order valence-electron chi connectivity index (χ0n) is 8.94. The van der Waals surface area contributed by atoms with Gasteiger partial charge in [0.15, 0.2) is 0 Å². The summed E-state index contributed by atoms with van der Waals surface area (Å²) in [6.45, 7) is 1.97. The van der Waals surface area contributed by atoms with Gasteiger partial charge in [0, 0.05) is 18.1 Å². The largest absolute Gasteiger partial charge is 0.465 e. The average Bonchev–Trinajstić information content (AvgIpc) is 2.54. The molecule has 0 aliphatic carbocycles. The molecule has 0 saturated carbocycles. The van der Waals surface area contributed by atoms with E-state index in [1.54, 1.807) is 10.7 Å². The quantitative estimate of drug-likeness (QED) is 0.664. The first-order valence-corrected chi connectivity index (χ1v) is 4.65. The van der Waals surface area contributed by atoms with E-state index in [1.165, 1.54) is 7.11 Å². The number of carbonyl (C=O) groups excluding carboxylic acids is 1. The van der Waals surface area contributed by atoms with Gasteiger partial charge in [-0.15, -0.1) is 0 Å². The molecule has 0 aliphatic heterocycles. The van der Waals surface area contributed by atoms with Gasteiger partial charge in [-0.25, -0.2) is 4.79 Å². The van der Waals surface area contributed by atoms with Gasteiger partial charge in [0.1, 0.15) is 0 Å². The number of esters is 1. The van der Waals surface area contributed by atoms with E-state index in [-0.39, 0.29) is 5.97 Å². The molecule has 4 nitrogen and oxygen atoms in total. The van der Waals surface area contributed by atoms with Crippen LogP contribution in [0.1, 0.15) is 16.1 Å². The normalized spacial score (nSPS) is 10.6. The molecule has 78 valence electrons. The fourth-order valence-electron chi connectivity index (χ4n) is 1.57. The Kier molecular flexibility index (Phi) is 2.19. The molecule has 0 unspecified atom stereocenters. The van der Waals surface area contributed by atoms with Crippen molar-refractivity contribution in [2.24, 2.45) is 7.05 Å². The van der Waals surface area contributed by atoms with Crippen LogP contribution in [-0.2, 0) is 11.8 Å². The molecule has 0 saturated heterocycles. The second kappa shape index (κ2) is 3.38. The molecule has 1 aromatic heterocycles. The number of aromatic nitrogens is 2. The molecule has 2 rings (SSSR count). The van der Waals surface area contributed by atoms with Crippen LogP contribution >= 0.6 is 0 Å². The van der Waals surface area contributed by atoms with Crippen molar-refractivity contribution in [2.75, 3.05) is 7.11 Å². The number of aryl methyl sites for hydroxylation is 2. The first-order valence-electron chi connectivity index (χ1n) is 4.65. The summed E-state index contributed by atoms with van der Waals surface area (Å²) < 4.78 is 6.46. The first kappa shape index (κ1) is 9.71. The Morgan fingerprint density at radius 1 is 1.47 bits per heavy atom. The molecule has 0 radical (unpaired) electrons. The number of ether oxygens (including phenoxy) is 1. The van der Waals surface area contributed by atoms with Gasteiger partial charge in [-0.2, -0.15) is 5.10 Å². The van der Waals surface area contributed by atoms with E-state index in [0.29, 0.717) is 5.56 Å². The first-order chi connectivity index (χ1) is 7.13. The Labute approximate surface area is 87.5 Å². The van der Waals surface area contributed by atoms with E-state index in [1.807, 2.05) is 26.1 Å². The van der Waals surface area contributed by atoms with Crippen molar-refractivity contribution in [2.45, 2.75) is 6.92 Å². The van der Waals surface area contributed by atoms with E-state index < -0.39 is 0 Å². The Hall–Kier alpha value is -1.84. The van der Waals surface area contributed by atoms with Crippen molar-refractivity contribution in [1.29, 1.82) is 0 Å². The molecular formula is C11H12N2O2. The van der Waals surface area contributed by atoms with Crippen molar-refractivity contribution in [1.82, 2.24) is 9.78 Å². The summed E-state index contributed by atoms with van der Waals surface area (Å²) in [7, 11) is 3.26. The van der Waals surface area contributed by atoms with Gasteiger partial charge in [0.05, 0.1) is 18.2 Å². The summed E-state index contributed by atoms with van der Waals surface area (Å²) >= 11 is 0. The van der Waals surface area contributed by atoms with Crippen molar-refractivity contribution in [3.05, 3.63) is 29.5 Å². The summed E-state index contributed by atoms with van der Waals surface area (Å²) in [4.78, 5) is 11.3. The SMILES string of the molecule is COC(=O)c1ccc2nn(C)c(C)c2c1. The topological polar surface area (TPSA) is 44.1 Å². The van der Waals surface area contributed by atoms with Gasteiger partial charge in [-0.1, -0.05) is 0 Å². The monoisotopic (exact) mass is 204 g/mol. The van der Waals surface area contributed by atoms with Crippen molar-refractivity contribution in [3.8, 4) is 0 Å². The lowest BCUT2D eigenvalue weighted by Crippen LogP contribution is -2.00. The van der Waals surface area contributed by atoms with Crippen LogP contribution in [0.4, 0.5) is 0 Å². The van der Waals surface area contributed by atoms with Crippen molar-refractivity contribution in [3.63, 3.8) is 0 Å². The Bertz CT molecular complexity index is 529. The lowest BCUT2D eigenvalue weighted by Gasteiger charge is -1.98. The molecule has 0 aliphatic rings. The lowest BCUT2D eigenvalue weighted by atomic mass is 10.1. The molecule has 0 atom stereocenters. The van der Waals surface area contributed by atoms with Gasteiger partial charge in [-0.3, -0.25) is 4.68 Å². The molecule has 15 heavy (non-hydrogen) atoms. The van der Waals surface area contributed by atoms with E-state index in [4.69, 9.17) is 0 Å². The number of fused-ring (bicyclic) bond motifs is 1. The highest BCUT2D eigenvalue weighted by Crippen LogP contribution is 2.18. The zero-order chi connectivity index (χ0) is 11.0. The third kappa shape index (κ3) is 1.48. The van der Waals surface area contributed by atoms with Crippen LogP contribution in [0.15, 0.2) is 18.2 Å². The second-order valence-electron chi connectivity index (χ2n) is 3.43. The summed E-state index contributed by atoms with van der Waals surface area (Å²) in [5.74, 6) is -0.319. The minimum Gasteiger partial charge on any atom is -0.465 e. The van der Waals surface area contributed by atoms with Crippen LogP contribution in [0.2, 0.25) is 0 Å². The molecule has 4 heteroatoms. The number of hydrogen-bond acceptors (Lipinski definition) is 3. The van der Waals surface area contributed by atoms with Crippen LogP contribution in [0, 0.1) is 6.92 Å². The fourth-order valence-corrected chi connectivity index (χ4v) is 1.57. The summed E-state index contributed by atoms with van der Waals surface area (Å²) in [5.41, 5.74) is 2.49. The van der Waals surface area contributed by atoms with Gasteiger partial charge >= 0.3 is 5.97 Å². The van der Waals surface area contributed by atoms with Crippen LogP contribution in [0.5, 0.6) is 0 Å². The minimum absolute atomic E-state index is 0.319. The van der Waals surface area contributed by atoms with Crippen LogP contribution < -0.4 is 0 Å². The second-order valence-corrected chi connectivity index (χ2v) is 3.43. The molecule has 0 fully saturated rings. The third-order valence-electron chi connectivity index (χ3n) is 2.55. The standard InChI is InChI=1S/C11H12N2O2/c1-7-9-6-8(11(14)15-3)4-5-10(9)12-13(7)2/h4-6H,1-3H3. The summed E-state index contributed by atoms with van der Waals surface area (Å²) in [6.07, 6.45) is 0. The van der Waals surface area contributed by atoms with Crippen molar-refractivity contribution < 1.29 is 9.53 Å². The molecule has 0 spiro atoms. The van der Waals surface area contributed by atoms with E-state index in [0.717, 1.165) is 16.6 Å². The highest BCUT2D eigenvalue weighted by Gasteiger charge is 2.09. The number of benzene rings is 1. The highest BCUT2D eigenvalue weighted by molar-refractivity contribution is 5.95. The smallest absolute Gasteiger partial charge is 0.337 e. The van der Waals surface area contributed by atoms with E-state index >= 15 is 0 Å². The summed E-state index contributed by atoms with van der Waals surface area (Å²) in [5, 5.41) is 5.29. The number of carbonyl (C=O) groups is 1. The van der Waals surface area contributed by atoms with Crippen LogP contribution in [0.25, 0.3) is 10.9 Å². The predicted molar refractivity (Wildman–Crippen MR) is 56.8 cm³/mol. The molecule has 1 heterocycles. The van der Waals surface area contributed by atoms with Gasteiger partial charge in [0.2, 0.25) is 0 Å². The number of nitrogens with zero attached hydrogens (tertiary/aromatic N) is 2. The lowest BCUT2D eigenvalue weighted by molar-refractivity contribution is 0.0601. The van der Waals surface area contributed by atoms with Crippen LogP contribution in [0.3, 0.4) is 0 Å². The van der Waals surface area contributed by atoms with Gasteiger partial charge in [-0.05, 0) is 25.1 Å². The number of methoxy groups -OCH3 is 1. The third-order valence-corrected chi connectivity index (χ3v) is 2.55. The molecule has 0 amide bonds. The molecule has 0 bridgehead atoms.